The fraction of sp³-hybridized carbons (Fsp3) is 0.286. The summed E-state index contributed by atoms with van der Waals surface area (Å²) in [5.41, 5.74) is 1.50. The zero-order valence-corrected chi connectivity index (χ0v) is 11.0. The van der Waals surface area contributed by atoms with E-state index in [1.807, 2.05) is 24.3 Å². The molecule has 0 saturated carbocycles. The first-order valence-electron chi connectivity index (χ1n) is 5.80. The molecule has 5 heteroatoms. The minimum Gasteiger partial charge on any atom is -0.468 e. The van der Waals surface area contributed by atoms with Crippen LogP contribution < -0.4 is 0 Å². The van der Waals surface area contributed by atoms with Gasteiger partial charge in [0, 0.05) is 18.3 Å². The smallest absolute Gasteiger partial charge is 0.326 e. The minimum absolute atomic E-state index is 0.555. The van der Waals surface area contributed by atoms with Gasteiger partial charge >= 0.3 is 11.9 Å². The molecule has 2 aromatic rings. The maximum atomic E-state index is 11.8. The molecule has 2 rings (SSSR count). The Morgan fingerprint density at radius 2 is 1.68 bits per heavy atom. The van der Waals surface area contributed by atoms with Crippen molar-refractivity contribution in [3.63, 3.8) is 0 Å². The van der Waals surface area contributed by atoms with E-state index in [4.69, 9.17) is 0 Å². The van der Waals surface area contributed by atoms with E-state index < -0.39 is 17.9 Å². The van der Waals surface area contributed by atoms with E-state index in [9.17, 15) is 9.59 Å². The van der Waals surface area contributed by atoms with Gasteiger partial charge in [0.15, 0.2) is 5.92 Å². The highest BCUT2D eigenvalue weighted by Gasteiger charge is 2.33. The first-order chi connectivity index (χ1) is 9.10. The van der Waals surface area contributed by atoms with Gasteiger partial charge in [0.2, 0.25) is 0 Å². The summed E-state index contributed by atoms with van der Waals surface area (Å²) in [6.45, 7) is 0. The van der Waals surface area contributed by atoms with Crippen LogP contribution in [0.2, 0.25) is 0 Å². The second-order valence-corrected chi connectivity index (χ2v) is 4.17. The average molecular weight is 261 g/mol. The zero-order chi connectivity index (χ0) is 14.0. The number of hydrogen-bond acceptors (Lipinski definition) is 4. The van der Waals surface area contributed by atoms with Gasteiger partial charge in [-0.25, -0.2) is 0 Å². The summed E-state index contributed by atoms with van der Waals surface area (Å²) >= 11 is 0. The fourth-order valence-corrected chi connectivity index (χ4v) is 2.16. The van der Waals surface area contributed by atoms with Crippen molar-refractivity contribution in [2.24, 2.45) is 7.05 Å². The standard InChI is InChI=1S/C14H15NO4/c1-15-10-7-5-4-6-9(10)8-11(15)12(13(16)18-2)14(17)19-3/h4-8,12H,1-3H3. The molecule has 0 unspecified atom stereocenters. The Balaban J connectivity index is 2.59. The summed E-state index contributed by atoms with van der Waals surface area (Å²) in [6.07, 6.45) is 0. The molecule has 1 aromatic carbocycles. The monoisotopic (exact) mass is 261 g/mol. The Bertz CT molecular complexity index is 613. The van der Waals surface area contributed by atoms with Gasteiger partial charge in [-0.1, -0.05) is 18.2 Å². The molecule has 1 aromatic heterocycles. The number of methoxy groups -OCH3 is 2. The van der Waals surface area contributed by atoms with Gasteiger partial charge in [-0.15, -0.1) is 0 Å². The van der Waals surface area contributed by atoms with Crippen LogP contribution in [0.15, 0.2) is 30.3 Å². The Morgan fingerprint density at radius 3 is 2.21 bits per heavy atom. The van der Waals surface area contributed by atoms with E-state index in [0.717, 1.165) is 10.9 Å². The third-order valence-electron chi connectivity index (χ3n) is 3.16. The number of aryl methyl sites for hydroxylation is 1. The number of carbonyl (C=O) groups excluding carboxylic acids is 2. The van der Waals surface area contributed by atoms with Gasteiger partial charge in [-0.05, 0) is 17.5 Å². The molecule has 0 aliphatic rings. The number of carbonyl (C=O) groups is 2. The Hall–Kier alpha value is -2.30. The van der Waals surface area contributed by atoms with Gasteiger partial charge in [-0.2, -0.15) is 0 Å². The second-order valence-electron chi connectivity index (χ2n) is 4.17. The van der Waals surface area contributed by atoms with E-state index in [0.29, 0.717) is 5.69 Å². The van der Waals surface area contributed by atoms with Crippen molar-refractivity contribution in [1.29, 1.82) is 0 Å². The number of para-hydroxylation sites is 1. The number of hydrogen-bond donors (Lipinski definition) is 0. The number of nitrogens with zero attached hydrogens (tertiary/aromatic N) is 1. The van der Waals surface area contributed by atoms with Crippen LogP contribution in [0.3, 0.4) is 0 Å². The molecule has 0 atom stereocenters. The van der Waals surface area contributed by atoms with E-state index in [1.165, 1.54) is 14.2 Å². The van der Waals surface area contributed by atoms with Crippen molar-refractivity contribution in [3.8, 4) is 0 Å². The van der Waals surface area contributed by atoms with E-state index in [-0.39, 0.29) is 0 Å². The number of fused-ring (bicyclic) bond motifs is 1. The van der Waals surface area contributed by atoms with Crippen LogP contribution in [0.5, 0.6) is 0 Å². The van der Waals surface area contributed by atoms with Crippen LogP contribution in [-0.4, -0.2) is 30.7 Å². The molecular weight excluding hydrogens is 246 g/mol. The van der Waals surface area contributed by atoms with Crippen molar-refractivity contribution < 1.29 is 19.1 Å². The lowest BCUT2D eigenvalue weighted by Gasteiger charge is -2.13. The fourth-order valence-electron chi connectivity index (χ4n) is 2.16. The summed E-state index contributed by atoms with van der Waals surface area (Å²) in [5.74, 6) is -2.32. The van der Waals surface area contributed by atoms with Gasteiger partial charge in [0.05, 0.1) is 14.2 Å². The number of ether oxygens (including phenoxy) is 2. The Labute approximate surface area is 110 Å². The molecule has 5 nitrogen and oxygen atoms in total. The molecule has 100 valence electrons. The second kappa shape index (κ2) is 5.14. The summed E-state index contributed by atoms with van der Waals surface area (Å²) in [4.78, 5) is 23.6. The van der Waals surface area contributed by atoms with Gasteiger partial charge < -0.3 is 14.0 Å². The Kier molecular flexibility index (Phi) is 3.55. The lowest BCUT2D eigenvalue weighted by Crippen LogP contribution is -2.26. The van der Waals surface area contributed by atoms with Crippen LogP contribution in [0.4, 0.5) is 0 Å². The third-order valence-corrected chi connectivity index (χ3v) is 3.16. The molecule has 0 bridgehead atoms. The van der Waals surface area contributed by atoms with Crippen LogP contribution in [0.25, 0.3) is 10.9 Å². The third kappa shape index (κ3) is 2.19. The van der Waals surface area contributed by atoms with Gasteiger partial charge in [-0.3, -0.25) is 9.59 Å². The van der Waals surface area contributed by atoms with E-state index in [2.05, 4.69) is 9.47 Å². The summed E-state index contributed by atoms with van der Waals surface area (Å²) < 4.78 is 11.2. The molecule has 0 N–H and O–H groups in total. The van der Waals surface area contributed by atoms with E-state index in [1.54, 1.807) is 17.7 Å². The first kappa shape index (κ1) is 13.1. The molecule has 0 fully saturated rings. The summed E-state index contributed by atoms with van der Waals surface area (Å²) in [5, 5.41) is 0.956. The lowest BCUT2D eigenvalue weighted by molar-refractivity contribution is -0.154. The maximum absolute atomic E-state index is 11.8. The predicted octanol–water partition coefficient (Wildman–Crippen LogP) is 1.61. The molecular formula is C14H15NO4. The van der Waals surface area contributed by atoms with Crippen LogP contribution in [0.1, 0.15) is 11.6 Å². The predicted molar refractivity (Wildman–Crippen MR) is 69.7 cm³/mol. The highest BCUT2D eigenvalue weighted by Crippen LogP contribution is 2.26. The van der Waals surface area contributed by atoms with Gasteiger partial charge in [0.25, 0.3) is 0 Å². The topological polar surface area (TPSA) is 57.5 Å². The van der Waals surface area contributed by atoms with Crippen LogP contribution >= 0.6 is 0 Å². The maximum Gasteiger partial charge on any atom is 0.326 e. The molecule has 0 saturated heterocycles. The quantitative estimate of drug-likeness (QED) is 0.622. The van der Waals surface area contributed by atoms with E-state index >= 15 is 0 Å². The van der Waals surface area contributed by atoms with Gasteiger partial charge in [0.1, 0.15) is 0 Å². The number of esters is 2. The molecule has 0 amide bonds. The molecule has 19 heavy (non-hydrogen) atoms. The molecule has 0 spiro atoms. The Morgan fingerprint density at radius 1 is 1.11 bits per heavy atom. The van der Waals surface area contributed by atoms with Crippen molar-refractivity contribution in [2.45, 2.75) is 5.92 Å². The summed E-state index contributed by atoms with van der Waals surface area (Å²) in [6, 6.07) is 9.44. The molecule has 1 heterocycles. The largest absolute Gasteiger partial charge is 0.468 e. The average Bonchev–Trinajstić information content (AvgIpc) is 2.76. The van der Waals surface area contributed by atoms with Crippen molar-refractivity contribution in [1.82, 2.24) is 4.57 Å². The summed E-state index contributed by atoms with van der Waals surface area (Å²) in [7, 11) is 4.30. The van der Waals surface area contributed by atoms with Crippen molar-refractivity contribution >= 4 is 22.8 Å². The van der Waals surface area contributed by atoms with Crippen LogP contribution in [0, 0.1) is 0 Å². The highest BCUT2D eigenvalue weighted by molar-refractivity contribution is 6.01. The number of benzene rings is 1. The molecule has 0 aliphatic heterocycles. The SMILES string of the molecule is COC(=O)C(C(=O)OC)c1cc2ccccc2n1C. The van der Waals surface area contributed by atoms with Crippen LogP contribution in [-0.2, 0) is 26.1 Å². The minimum atomic E-state index is -1.06. The van der Waals surface area contributed by atoms with Crippen molar-refractivity contribution in [2.75, 3.05) is 14.2 Å². The van der Waals surface area contributed by atoms with Crippen molar-refractivity contribution in [3.05, 3.63) is 36.0 Å². The highest BCUT2D eigenvalue weighted by atomic mass is 16.5. The normalized spacial score (nSPS) is 10.7. The first-order valence-corrected chi connectivity index (χ1v) is 5.80. The number of rotatable bonds is 3. The zero-order valence-electron chi connectivity index (χ0n) is 11.0. The molecule has 0 aliphatic carbocycles. The lowest BCUT2D eigenvalue weighted by atomic mass is 10.1. The number of aromatic nitrogens is 1. The molecule has 0 radical (unpaired) electrons.